The van der Waals surface area contributed by atoms with Gasteiger partial charge >= 0.3 is 0 Å². The number of hydrogen-bond acceptors (Lipinski definition) is 1. The van der Waals surface area contributed by atoms with Crippen molar-refractivity contribution in [1.82, 2.24) is 5.01 Å². The minimum Gasteiger partial charge on any atom is -0.249 e. The highest BCUT2D eigenvalue weighted by Gasteiger charge is 2.17. The van der Waals surface area contributed by atoms with Gasteiger partial charge in [0.2, 0.25) is 0 Å². The summed E-state index contributed by atoms with van der Waals surface area (Å²) in [6.07, 6.45) is 1.30. The van der Waals surface area contributed by atoms with Crippen LogP contribution in [0.3, 0.4) is 0 Å². The highest BCUT2D eigenvalue weighted by Crippen LogP contribution is 2.06. The van der Waals surface area contributed by atoms with E-state index in [1.807, 2.05) is 0 Å². The summed E-state index contributed by atoms with van der Waals surface area (Å²) in [6.45, 7) is 5.77. The molecule has 0 radical (unpaired) electrons. The van der Waals surface area contributed by atoms with Gasteiger partial charge in [0, 0.05) is 20.5 Å². The topological polar surface area (TPSA) is 3.24 Å². The normalized spacial score (nSPS) is 13.1. The Kier molecular flexibility index (Phi) is 4.04. The quantitative estimate of drug-likeness (QED) is 0.445. The zero-order chi connectivity index (χ0) is 9.07. The standard InChI is InChI=1S/C9H23N2/c1-9(2)7-8-11(5,6)10(3)4/h9H,7-8H2,1-6H3/q+1. The molecule has 0 aromatic rings. The fourth-order valence-corrected chi connectivity index (χ4v) is 0.774. The van der Waals surface area contributed by atoms with Crippen molar-refractivity contribution < 1.29 is 4.59 Å². The van der Waals surface area contributed by atoms with E-state index in [0.29, 0.717) is 0 Å². The van der Waals surface area contributed by atoms with Crippen LogP contribution in [-0.4, -0.2) is 44.3 Å². The average Bonchev–Trinajstić information content (AvgIpc) is 1.84. The van der Waals surface area contributed by atoms with E-state index in [9.17, 15) is 0 Å². The molecule has 0 aliphatic heterocycles. The van der Waals surface area contributed by atoms with Crippen molar-refractivity contribution in [2.24, 2.45) is 5.92 Å². The van der Waals surface area contributed by atoms with E-state index < -0.39 is 0 Å². The molecule has 0 unspecified atom stereocenters. The molecule has 0 N–H and O–H groups in total. The van der Waals surface area contributed by atoms with Gasteiger partial charge in [-0.1, -0.05) is 13.8 Å². The summed E-state index contributed by atoms with van der Waals surface area (Å²) in [5.41, 5.74) is 0. The van der Waals surface area contributed by atoms with E-state index in [-0.39, 0.29) is 0 Å². The Morgan fingerprint density at radius 2 is 1.64 bits per heavy atom. The van der Waals surface area contributed by atoms with Crippen molar-refractivity contribution in [3.05, 3.63) is 0 Å². The van der Waals surface area contributed by atoms with Crippen LogP contribution in [0.4, 0.5) is 0 Å². The van der Waals surface area contributed by atoms with Crippen LogP contribution in [0, 0.1) is 5.92 Å². The number of nitrogens with zero attached hydrogens (tertiary/aromatic N) is 2. The first-order chi connectivity index (χ1) is 4.86. The predicted octanol–water partition coefficient (Wildman–Crippen LogP) is 1.59. The molecule has 2 nitrogen and oxygen atoms in total. The zero-order valence-corrected chi connectivity index (χ0v) is 8.89. The van der Waals surface area contributed by atoms with Gasteiger partial charge in [-0.15, -0.1) is 0 Å². The molecule has 0 rings (SSSR count). The van der Waals surface area contributed by atoms with E-state index in [1.165, 1.54) is 13.0 Å². The first-order valence-corrected chi connectivity index (χ1v) is 4.37. The van der Waals surface area contributed by atoms with Crippen LogP contribution in [0.2, 0.25) is 0 Å². The van der Waals surface area contributed by atoms with Crippen LogP contribution in [0.15, 0.2) is 0 Å². The third-order valence-electron chi connectivity index (χ3n) is 2.34. The molecule has 0 heterocycles. The lowest BCUT2D eigenvalue weighted by molar-refractivity contribution is -0.997. The molecule has 0 atom stereocenters. The monoisotopic (exact) mass is 159 g/mol. The van der Waals surface area contributed by atoms with Crippen molar-refractivity contribution in [1.29, 1.82) is 0 Å². The lowest BCUT2D eigenvalue weighted by atomic mass is 10.1. The molecule has 0 spiro atoms. The lowest BCUT2D eigenvalue weighted by Crippen LogP contribution is -2.51. The SMILES string of the molecule is CC(C)CC[N+](C)(C)N(C)C. The second-order valence-electron chi connectivity index (χ2n) is 4.37. The fourth-order valence-electron chi connectivity index (χ4n) is 0.774. The molecule has 68 valence electrons. The van der Waals surface area contributed by atoms with Crippen molar-refractivity contribution in [3.63, 3.8) is 0 Å². The Morgan fingerprint density at radius 1 is 1.18 bits per heavy atom. The molecule has 0 aliphatic carbocycles. The molecule has 2 heteroatoms. The van der Waals surface area contributed by atoms with Gasteiger partial charge in [0.15, 0.2) is 0 Å². The first kappa shape index (κ1) is 10.9. The smallest absolute Gasteiger partial charge is 0.0962 e. The lowest BCUT2D eigenvalue weighted by Gasteiger charge is -2.35. The van der Waals surface area contributed by atoms with Gasteiger partial charge in [0.05, 0.1) is 20.6 Å². The molecule has 0 bridgehead atoms. The third-order valence-corrected chi connectivity index (χ3v) is 2.34. The summed E-state index contributed by atoms with van der Waals surface area (Å²) in [6, 6.07) is 0. The van der Waals surface area contributed by atoms with Gasteiger partial charge < -0.3 is 0 Å². The second-order valence-corrected chi connectivity index (χ2v) is 4.37. The van der Waals surface area contributed by atoms with Crippen molar-refractivity contribution >= 4 is 0 Å². The molecular formula is C9H23N2+. The number of rotatable bonds is 4. The maximum atomic E-state index is 2.27. The van der Waals surface area contributed by atoms with Crippen LogP contribution in [-0.2, 0) is 0 Å². The van der Waals surface area contributed by atoms with E-state index in [1.54, 1.807) is 0 Å². The van der Waals surface area contributed by atoms with Gasteiger partial charge in [0.25, 0.3) is 0 Å². The van der Waals surface area contributed by atoms with Crippen molar-refractivity contribution in [3.8, 4) is 0 Å². The van der Waals surface area contributed by atoms with Gasteiger partial charge in [-0.2, -0.15) is 5.01 Å². The van der Waals surface area contributed by atoms with E-state index in [2.05, 4.69) is 47.0 Å². The Balaban J connectivity index is 3.73. The second kappa shape index (κ2) is 4.07. The highest BCUT2D eigenvalue weighted by atomic mass is 15.7. The summed E-state index contributed by atoms with van der Waals surface area (Å²) >= 11 is 0. The highest BCUT2D eigenvalue weighted by molar-refractivity contribution is 4.41. The Labute approximate surface area is 71.4 Å². The molecule has 0 aliphatic rings. The largest absolute Gasteiger partial charge is 0.249 e. The van der Waals surface area contributed by atoms with Crippen LogP contribution in [0.1, 0.15) is 20.3 Å². The van der Waals surface area contributed by atoms with Gasteiger partial charge in [-0.3, -0.25) is 0 Å². The molecule has 0 fully saturated rings. The van der Waals surface area contributed by atoms with Gasteiger partial charge in [0.1, 0.15) is 0 Å². The summed E-state index contributed by atoms with van der Waals surface area (Å²) in [5.74, 6) is 0.812. The molecule has 0 aromatic heterocycles. The first-order valence-electron chi connectivity index (χ1n) is 4.37. The van der Waals surface area contributed by atoms with Crippen molar-refractivity contribution in [2.45, 2.75) is 20.3 Å². The summed E-state index contributed by atoms with van der Waals surface area (Å²) in [4.78, 5) is 0. The van der Waals surface area contributed by atoms with Crippen LogP contribution >= 0.6 is 0 Å². The fraction of sp³-hybridized carbons (Fsp3) is 1.00. The summed E-state index contributed by atoms with van der Waals surface area (Å²) in [7, 11) is 8.73. The molecule has 0 amide bonds. The predicted molar refractivity (Wildman–Crippen MR) is 50.1 cm³/mol. The molecule has 0 saturated heterocycles. The van der Waals surface area contributed by atoms with E-state index in [0.717, 1.165) is 10.5 Å². The Hall–Kier alpha value is -0.0800. The molecule has 11 heavy (non-hydrogen) atoms. The summed E-state index contributed by atoms with van der Waals surface area (Å²) in [5, 5.41) is 2.24. The zero-order valence-electron chi connectivity index (χ0n) is 8.89. The van der Waals surface area contributed by atoms with Crippen LogP contribution in [0.5, 0.6) is 0 Å². The average molecular weight is 159 g/mol. The minimum absolute atomic E-state index is 0.812. The molecular weight excluding hydrogens is 136 g/mol. The van der Waals surface area contributed by atoms with Gasteiger partial charge in [-0.05, 0) is 5.92 Å². The third kappa shape index (κ3) is 4.38. The number of hydrogen-bond donors (Lipinski definition) is 0. The summed E-state index contributed by atoms with van der Waals surface area (Å²) < 4.78 is 0.984. The van der Waals surface area contributed by atoms with Crippen LogP contribution < -0.4 is 0 Å². The Bertz CT molecular complexity index is 106. The molecule has 0 saturated carbocycles. The number of quaternary nitrogens is 1. The Morgan fingerprint density at radius 3 is 1.91 bits per heavy atom. The van der Waals surface area contributed by atoms with E-state index in [4.69, 9.17) is 0 Å². The van der Waals surface area contributed by atoms with Gasteiger partial charge in [-0.25, -0.2) is 4.59 Å². The molecule has 0 aromatic carbocycles. The minimum atomic E-state index is 0.812. The maximum Gasteiger partial charge on any atom is 0.0962 e. The van der Waals surface area contributed by atoms with Crippen molar-refractivity contribution in [2.75, 3.05) is 34.7 Å². The van der Waals surface area contributed by atoms with Crippen LogP contribution in [0.25, 0.3) is 0 Å². The maximum absolute atomic E-state index is 2.27. The van der Waals surface area contributed by atoms with E-state index >= 15 is 0 Å².